The maximum absolute atomic E-state index is 14.3. The highest BCUT2D eigenvalue weighted by Crippen LogP contribution is 2.66. The monoisotopic (exact) mass is 769 g/mol. The van der Waals surface area contributed by atoms with Crippen LogP contribution in [-0.2, 0) is 19.2 Å². The first-order valence-electron chi connectivity index (χ1n) is 14.0. The summed E-state index contributed by atoms with van der Waals surface area (Å²) in [4.78, 5) is 76.6. The summed E-state index contributed by atoms with van der Waals surface area (Å²) in [5.41, 5.74) is -1.89. The number of allylic oxidation sites excluding steroid dienone is 2. The van der Waals surface area contributed by atoms with Crippen LogP contribution >= 0.6 is 50.7 Å². The highest BCUT2D eigenvalue weighted by atomic mass is 79.9. The third kappa shape index (κ3) is 4.42. The Hall–Kier alpha value is -3.79. The quantitative estimate of drug-likeness (QED) is 0.106. The first-order valence-corrected chi connectivity index (χ1v) is 16.3. The van der Waals surface area contributed by atoms with E-state index < -0.39 is 78.3 Å². The van der Waals surface area contributed by atoms with Crippen molar-refractivity contribution in [3.8, 4) is 5.75 Å². The van der Waals surface area contributed by atoms with Crippen LogP contribution in [0.5, 0.6) is 5.75 Å². The Kier molecular flexibility index (Phi) is 7.85. The number of amides is 4. The zero-order chi connectivity index (χ0) is 34.5. The summed E-state index contributed by atoms with van der Waals surface area (Å²) in [5, 5.41) is 35.2. The van der Waals surface area contributed by atoms with E-state index in [9.17, 15) is 44.5 Å². The van der Waals surface area contributed by atoms with Crippen molar-refractivity contribution in [3.63, 3.8) is 0 Å². The lowest BCUT2D eigenvalue weighted by Gasteiger charge is -2.50. The average Bonchev–Trinajstić information content (AvgIpc) is 3.35. The van der Waals surface area contributed by atoms with Gasteiger partial charge in [0, 0.05) is 42.7 Å². The number of fused-ring (bicyclic) bond motifs is 4. The molecule has 246 valence electrons. The molecule has 18 heteroatoms. The normalized spacial score (nSPS) is 29.8. The van der Waals surface area contributed by atoms with Crippen LogP contribution in [0.4, 0.5) is 22.7 Å². The molecule has 47 heavy (non-hydrogen) atoms. The van der Waals surface area contributed by atoms with Crippen molar-refractivity contribution in [2.45, 2.75) is 28.5 Å². The predicted octanol–water partition coefficient (Wildman–Crippen LogP) is 4.84. The molecule has 4 amide bonds. The summed E-state index contributed by atoms with van der Waals surface area (Å²) in [7, 11) is 2.76. The summed E-state index contributed by atoms with van der Waals surface area (Å²) < 4.78 is 0. The number of likely N-dealkylation sites (tertiary alicyclic amines) is 1. The number of halogens is 4. The molecule has 6 unspecified atom stereocenters. The molecular weight excluding hydrogens is 749 g/mol. The zero-order valence-electron chi connectivity index (χ0n) is 24.4. The fraction of sp³-hybridized carbons (Fsp3) is 0.379. The Balaban J connectivity index is 1.53. The van der Waals surface area contributed by atoms with Gasteiger partial charge in [-0.2, -0.15) is 0 Å². The Bertz CT molecular complexity index is 1840. The largest absolute Gasteiger partial charge is 0.508 e. The number of carbonyl (C=O) groups is 4. The molecule has 4 aliphatic rings. The van der Waals surface area contributed by atoms with Crippen molar-refractivity contribution in [3.05, 3.63) is 72.8 Å². The maximum atomic E-state index is 14.3. The van der Waals surface area contributed by atoms with Gasteiger partial charge in [0.05, 0.1) is 32.8 Å². The molecule has 14 nitrogen and oxygen atoms in total. The second-order valence-corrected chi connectivity index (χ2v) is 14.1. The highest BCUT2D eigenvalue weighted by Gasteiger charge is 2.76. The fourth-order valence-electron chi connectivity index (χ4n) is 7.57. The summed E-state index contributed by atoms with van der Waals surface area (Å²) in [5.74, 6) is -8.09. The van der Waals surface area contributed by atoms with Gasteiger partial charge in [0.2, 0.25) is 11.8 Å². The first kappa shape index (κ1) is 33.1. The number of carbonyl (C=O) groups excluding carboxylic acids is 4. The van der Waals surface area contributed by atoms with E-state index in [0.29, 0.717) is 10.5 Å². The Labute approximate surface area is 289 Å². The topological polar surface area (TPSA) is 185 Å². The van der Waals surface area contributed by atoms with Crippen LogP contribution in [0.25, 0.3) is 0 Å². The molecule has 1 N–H and O–H groups in total. The molecule has 0 radical (unpaired) electrons. The van der Waals surface area contributed by atoms with Gasteiger partial charge in [-0.1, -0.05) is 39.2 Å². The molecule has 0 spiro atoms. The number of phenols is 1. The van der Waals surface area contributed by atoms with Gasteiger partial charge in [0.15, 0.2) is 15.4 Å². The molecule has 0 aromatic heterocycles. The van der Waals surface area contributed by atoms with Crippen molar-refractivity contribution in [2.75, 3.05) is 29.3 Å². The number of nitrogens with zero attached hydrogens (tertiary/aromatic N) is 5. The van der Waals surface area contributed by atoms with Crippen molar-refractivity contribution in [1.29, 1.82) is 0 Å². The van der Waals surface area contributed by atoms with E-state index in [1.807, 2.05) is 0 Å². The molecule has 2 saturated heterocycles. The summed E-state index contributed by atoms with van der Waals surface area (Å²) in [6.07, 6.45) is 1.21. The molecule has 1 saturated carbocycles. The molecule has 2 aliphatic heterocycles. The average molecular weight is 772 g/mol. The first-order chi connectivity index (χ1) is 22.0. The van der Waals surface area contributed by atoms with Gasteiger partial charge in [-0.15, -0.1) is 23.2 Å². The van der Waals surface area contributed by atoms with E-state index in [1.54, 1.807) is 6.08 Å². The van der Waals surface area contributed by atoms with Gasteiger partial charge in [-0.3, -0.25) is 44.3 Å². The van der Waals surface area contributed by atoms with Gasteiger partial charge in [0.1, 0.15) is 5.75 Å². The molecule has 2 aromatic rings. The minimum absolute atomic E-state index is 0.0537. The third-order valence-electron chi connectivity index (χ3n) is 9.47. The molecule has 2 aromatic carbocycles. The number of benzene rings is 2. The van der Waals surface area contributed by atoms with Gasteiger partial charge < -0.3 is 10.0 Å². The molecule has 6 rings (SSSR count). The number of hydrogen-bond acceptors (Lipinski definition) is 10. The van der Waals surface area contributed by atoms with Crippen LogP contribution in [0, 0.1) is 38.0 Å². The summed E-state index contributed by atoms with van der Waals surface area (Å²) >= 11 is 23.7. The van der Waals surface area contributed by atoms with E-state index in [1.165, 1.54) is 37.2 Å². The summed E-state index contributed by atoms with van der Waals surface area (Å²) in [6, 6.07) is 5.93. The van der Waals surface area contributed by atoms with Crippen LogP contribution in [0.15, 0.2) is 42.0 Å². The minimum Gasteiger partial charge on any atom is -0.508 e. The van der Waals surface area contributed by atoms with E-state index in [0.717, 1.165) is 17.0 Å². The third-order valence-corrected chi connectivity index (χ3v) is 11.6. The molecule has 2 aliphatic carbocycles. The van der Waals surface area contributed by atoms with Crippen molar-refractivity contribution in [2.24, 2.45) is 17.8 Å². The number of phenolic OH excluding ortho intramolecular Hbond substituents is 1. The second-order valence-electron chi connectivity index (χ2n) is 11.9. The smallest absolute Gasteiger partial charge is 0.301 e. The van der Waals surface area contributed by atoms with Gasteiger partial charge in [-0.05, 0) is 37.0 Å². The van der Waals surface area contributed by atoms with Crippen LogP contribution < -0.4 is 9.80 Å². The van der Waals surface area contributed by atoms with Crippen molar-refractivity contribution in [1.82, 2.24) is 4.90 Å². The van der Waals surface area contributed by atoms with Gasteiger partial charge in [-0.25, -0.2) is 4.90 Å². The van der Waals surface area contributed by atoms with E-state index >= 15 is 0 Å². The maximum Gasteiger partial charge on any atom is 0.301 e. The minimum atomic E-state index is -2.18. The highest BCUT2D eigenvalue weighted by molar-refractivity contribution is 9.09. The van der Waals surface area contributed by atoms with Crippen LogP contribution in [0.3, 0.4) is 0 Å². The van der Waals surface area contributed by atoms with Crippen LogP contribution in [-0.4, -0.2) is 72.8 Å². The number of hydrogen-bond donors (Lipinski definition) is 1. The Morgan fingerprint density at radius 3 is 2.17 bits per heavy atom. The summed E-state index contributed by atoms with van der Waals surface area (Å²) in [6.45, 7) is 0. The molecule has 6 atom stereocenters. The number of aromatic hydroxyl groups is 1. The number of nitro benzene ring substituents is 2. The lowest BCUT2D eigenvalue weighted by atomic mass is 9.56. The zero-order valence-corrected chi connectivity index (χ0v) is 28.2. The Morgan fingerprint density at radius 2 is 1.62 bits per heavy atom. The van der Waals surface area contributed by atoms with Crippen LogP contribution in [0.2, 0.25) is 5.02 Å². The number of alkyl halides is 3. The SMILES string of the molecule is CN(C)c1c([N+](=O)[O-])cc(N2C(=O)C3CC=C4C(CC5(Cl)C(=O)N(CBr)C(=O)C5(Cl)C4c4cc(Cl)ccc4O)C3C2=O)cc1[N+](=O)[O-]. The Morgan fingerprint density at radius 1 is 1.00 bits per heavy atom. The number of rotatable bonds is 6. The molecule has 2 heterocycles. The van der Waals surface area contributed by atoms with E-state index in [2.05, 4.69) is 15.9 Å². The van der Waals surface area contributed by atoms with Gasteiger partial charge >= 0.3 is 11.4 Å². The number of nitro groups is 2. The molecule has 0 bridgehead atoms. The van der Waals surface area contributed by atoms with Crippen molar-refractivity contribution < 1.29 is 34.1 Å². The van der Waals surface area contributed by atoms with E-state index in [-0.39, 0.29) is 46.0 Å². The fourth-order valence-corrected chi connectivity index (χ4v) is 9.16. The van der Waals surface area contributed by atoms with Crippen LogP contribution in [0.1, 0.15) is 24.3 Å². The second kappa shape index (κ2) is 11.1. The molecule has 3 fully saturated rings. The van der Waals surface area contributed by atoms with Crippen molar-refractivity contribution >= 4 is 97.1 Å². The molecular formula is C29H23BrCl3N5O9. The van der Waals surface area contributed by atoms with Gasteiger partial charge in [0.25, 0.3) is 11.8 Å². The lowest BCUT2D eigenvalue weighted by molar-refractivity contribution is -0.392. The number of anilines is 2. The number of imide groups is 2. The van der Waals surface area contributed by atoms with E-state index in [4.69, 9.17) is 34.8 Å². The predicted molar refractivity (Wildman–Crippen MR) is 173 cm³/mol. The standard InChI is InChI=1S/C29H23BrCl3N5O9/c1-34(2)23-18(37(44)45)8-13(9-19(23)38(46)47)36-24(40)15-5-4-14-17(21(15)25(36)41)10-28(32)26(42)35(11-30)27(43)29(28,33)22(14)16-7-12(31)3-6-20(16)39/h3-4,6-9,15,17,21-22,39H,5,10-11H2,1-2H3. The lowest BCUT2D eigenvalue weighted by Crippen LogP contribution is -2.60.